The second-order valence-corrected chi connectivity index (χ2v) is 5.40. The molecule has 13 heavy (non-hydrogen) atoms. The van der Waals surface area contributed by atoms with Crippen molar-refractivity contribution in [1.82, 2.24) is 0 Å². The lowest BCUT2D eigenvalue weighted by Crippen LogP contribution is -2.22. The van der Waals surface area contributed by atoms with Crippen LogP contribution in [0.3, 0.4) is 0 Å². The molecule has 0 saturated carbocycles. The van der Waals surface area contributed by atoms with Gasteiger partial charge < -0.3 is 0 Å². The monoisotopic (exact) mass is 242 g/mol. The van der Waals surface area contributed by atoms with E-state index in [0.717, 1.165) is 18.4 Å². The van der Waals surface area contributed by atoms with E-state index in [1.807, 2.05) is 32.9 Å². The Morgan fingerprint density at radius 2 is 1.92 bits per heavy atom. The van der Waals surface area contributed by atoms with E-state index in [1.165, 1.54) is 4.48 Å². The summed E-state index contributed by atoms with van der Waals surface area (Å²) in [6.45, 7) is 5.89. The molecule has 1 rings (SSSR count). The summed E-state index contributed by atoms with van der Waals surface area (Å²) in [4.78, 5) is 11.8. The maximum atomic E-state index is 11.8. The number of Topliss-reactive ketones (excluding diaryl/α,β-unsaturated/α-hetero) is 1. The Morgan fingerprint density at radius 3 is 2.31 bits per heavy atom. The van der Waals surface area contributed by atoms with Gasteiger partial charge in [0, 0.05) is 5.41 Å². The second kappa shape index (κ2) is 3.79. The van der Waals surface area contributed by atoms with Crippen LogP contribution in [0.1, 0.15) is 33.6 Å². The molecule has 2 heteroatoms. The van der Waals surface area contributed by atoms with Gasteiger partial charge in [-0.2, -0.15) is 0 Å². The quantitative estimate of drug-likeness (QED) is 0.687. The fourth-order valence-corrected chi connectivity index (χ4v) is 1.61. The Hall–Kier alpha value is -0.370. The summed E-state index contributed by atoms with van der Waals surface area (Å²) >= 11 is 3.42. The fourth-order valence-electron chi connectivity index (χ4n) is 1.28. The van der Waals surface area contributed by atoms with Gasteiger partial charge >= 0.3 is 0 Å². The Morgan fingerprint density at radius 1 is 1.31 bits per heavy atom. The van der Waals surface area contributed by atoms with Gasteiger partial charge in [0.25, 0.3) is 0 Å². The molecule has 1 nitrogen and oxygen atoms in total. The van der Waals surface area contributed by atoms with Gasteiger partial charge in [-0.05, 0) is 22.9 Å². The zero-order valence-electron chi connectivity index (χ0n) is 8.36. The van der Waals surface area contributed by atoms with Gasteiger partial charge in [0.15, 0.2) is 5.78 Å². The van der Waals surface area contributed by atoms with Gasteiger partial charge in [0.2, 0.25) is 0 Å². The van der Waals surface area contributed by atoms with Crippen LogP contribution in [0.4, 0.5) is 0 Å². The van der Waals surface area contributed by atoms with Crippen molar-refractivity contribution in [3.63, 3.8) is 0 Å². The molecule has 0 unspecified atom stereocenters. The molecule has 0 aliphatic heterocycles. The lowest BCUT2D eigenvalue weighted by Gasteiger charge is -2.20. The maximum Gasteiger partial charge on any atom is 0.164 e. The van der Waals surface area contributed by atoms with Crippen LogP contribution in [0, 0.1) is 5.41 Å². The number of carbonyl (C=O) groups excluding carboxylic acids is 1. The number of halogens is 1. The smallest absolute Gasteiger partial charge is 0.164 e. The number of ketones is 1. The topological polar surface area (TPSA) is 17.1 Å². The molecule has 0 N–H and O–H groups in total. The zero-order valence-corrected chi connectivity index (χ0v) is 9.94. The van der Waals surface area contributed by atoms with Crippen molar-refractivity contribution in [2.24, 2.45) is 5.41 Å². The highest BCUT2D eigenvalue weighted by Crippen LogP contribution is 2.28. The van der Waals surface area contributed by atoms with E-state index in [1.54, 1.807) is 0 Å². The minimum absolute atomic E-state index is 0.247. The molecule has 0 saturated heterocycles. The molecule has 0 aromatic rings. The highest BCUT2D eigenvalue weighted by molar-refractivity contribution is 9.11. The van der Waals surface area contributed by atoms with Gasteiger partial charge in [-0.25, -0.2) is 0 Å². The summed E-state index contributed by atoms with van der Waals surface area (Å²) < 4.78 is 1.18. The molecule has 0 atom stereocenters. The molecule has 1 aliphatic rings. The van der Waals surface area contributed by atoms with E-state index in [-0.39, 0.29) is 11.2 Å². The first kappa shape index (κ1) is 10.7. The van der Waals surface area contributed by atoms with Gasteiger partial charge in [-0.3, -0.25) is 4.79 Å². The summed E-state index contributed by atoms with van der Waals surface area (Å²) in [5.74, 6) is 0.267. The summed E-state index contributed by atoms with van der Waals surface area (Å²) in [5, 5.41) is 0. The van der Waals surface area contributed by atoms with Crippen LogP contribution in [0.15, 0.2) is 22.2 Å². The van der Waals surface area contributed by atoms with E-state index < -0.39 is 0 Å². The van der Waals surface area contributed by atoms with Crippen molar-refractivity contribution in [2.45, 2.75) is 33.6 Å². The van der Waals surface area contributed by atoms with E-state index in [4.69, 9.17) is 0 Å². The maximum absolute atomic E-state index is 11.8. The fraction of sp³-hybridized carbons (Fsp3) is 0.545. The first-order valence-corrected chi connectivity index (χ1v) is 5.30. The van der Waals surface area contributed by atoms with Gasteiger partial charge in [-0.1, -0.05) is 48.9 Å². The predicted octanol–water partition coefficient (Wildman–Crippen LogP) is 3.60. The number of rotatable bonds is 1. The molecular weight excluding hydrogens is 228 g/mol. The first-order valence-electron chi connectivity index (χ1n) is 4.51. The minimum atomic E-state index is -0.247. The molecule has 0 bridgehead atoms. The summed E-state index contributed by atoms with van der Waals surface area (Å²) in [6, 6.07) is 0. The van der Waals surface area contributed by atoms with E-state index >= 15 is 0 Å². The van der Waals surface area contributed by atoms with E-state index in [9.17, 15) is 4.79 Å². The Bertz CT molecular complexity index is 279. The van der Waals surface area contributed by atoms with Crippen LogP contribution >= 0.6 is 15.9 Å². The average molecular weight is 243 g/mol. The Kier molecular flexibility index (Phi) is 3.12. The molecule has 0 aromatic carbocycles. The summed E-state index contributed by atoms with van der Waals surface area (Å²) in [6.07, 6.45) is 5.73. The van der Waals surface area contributed by atoms with Crippen LogP contribution < -0.4 is 0 Å². The molecule has 1 aliphatic carbocycles. The van der Waals surface area contributed by atoms with Gasteiger partial charge in [0.1, 0.15) is 0 Å². The number of allylic oxidation sites excluding steroid dienone is 4. The third-order valence-corrected chi connectivity index (χ3v) is 2.73. The van der Waals surface area contributed by atoms with Crippen molar-refractivity contribution in [3.8, 4) is 0 Å². The Labute approximate surface area is 88.0 Å². The molecular formula is C11H15BrO. The number of carbonyl (C=O) groups is 1. The Balaban J connectivity index is 2.81. The van der Waals surface area contributed by atoms with Gasteiger partial charge in [0.05, 0.1) is 0 Å². The molecule has 0 spiro atoms. The lowest BCUT2D eigenvalue weighted by molar-refractivity contribution is -0.122. The number of hydrogen-bond acceptors (Lipinski definition) is 1. The molecule has 0 heterocycles. The largest absolute Gasteiger partial charge is 0.294 e. The third-order valence-electron chi connectivity index (χ3n) is 2.07. The van der Waals surface area contributed by atoms with Crippen LogP contribution in [0.2, 0.25) is 0 Å². The highest BCUT2D eigenvalue weighted by Gasteiger charge is 2.25. The van der Waals surface area contributed by atoms with Crippen LogP contribution in [0.25, 0.3) is 0 Å². The van der Waals surface area contributed by atoms with E-state index in [0.29, 0.717) is 0 Å². The highest BCUT2D eigenvalue weighted by atomic mass is 79.9. The molecule has 0 fully saturated rings. The van der Waals surface area contributed by atoms with E-state index in [2.05, 4.69) is 15.9 Å². The molecule has 0 amide bonds. The average Bonchev–Trinajstić information content (AvgIpc) is 2.03. The van der Waals surface area contributed by atoms with Crippen molar-refractivity contribution in [3.05, 3.63) is 22.2 Å². The van der Waals surface area contributed by atoms with Crippen LogP contribution in [0.5, 0.6) is 0 Å². The summed E-state index contributed by atoms with van der Waals surface area (Å²) in [5.41, 5.74) is 0.708. The van der Waals surface area contributed by atoms with Crippen molar-refractivity contribution < 1.29 is 4.79 Å². The van der Waals surface area contributed by atoms with Crippen molar-refractivity contribution >= 4 is 21.7 Å². The molecule has 72 valence electrons. The van der Waals surface area contributed by atoms with Crippen molar-refractivity contribution in [1.29, 1.82) is 0 Å². The normalized spacial score (nSPS) is 17.8. The SMILES string of the molecule is CC(C)(C)C(=O)C1=CC=C(Br)CC1. The first-order chi connectivity index (χ1) is 5.91. The van der Waals surface area contributed by atoms with Crippen LogP contribution in [-0.2, 0) is 4.79 Å². The molecule has 0 aromatic heterocycles. The van der Waals surface area contributed by atoms with Crippen molar-refractivity contribution in [2.75, 3.05) is 0 Å². The minimum Gasteiger partial charge on any atom is -0.294 e. The second-order valence-electron chi connectivity index (χ2n) is 4.38. The summed E-state index contributed by atoms with van der Waals surface area (Å²) in [7, 11) is 0. The number of hydrogen-bond donors (Lipinski definition) is 0. The van der Waals surface area contributed by atoms with Crippen LogP contribution in [-0.4, -0.2) is 5.78 Å². The third kappa shape index (κ3) is 2.80. The zero-order chi connectivity index (χ0) is 10.1. The standard InChI is InChI=1S/C11H15BrO/c1-11(2,3)10(13)8-4-6-9(12)7-5-8/h4,6H,5,7H2,1-3H3. The lowest BCUT2D eigenvalue weighted by atomic mass is 9.83. The molecule has 0 radical (unpaired) electrons. The predicted molar refractivity (Wildman–Crippen MR) is 58.8 cm³/mol. The van der Waals surface area contributed by atoms with Gasteiger partial charge in [-0.15, -0.1) is 0 Å².